The second kappa shape index (κ2) is 9.62. The Labute approximate surface area is 211 Å². The number of halogens is 1. The van der Waals surface area contributed by atoms with Crippen molar-refractivity contribution in [3.05, 3.63) is 47.5 Å². The van der Waals surface area contributed by atoms with Crippen LogP contribution in [0.2, 0.25) is 5.02 Å². The van der Waals surface area contributed by atoms with E-state index >= 15 is 0 Å². The maximum Gasteiger partial charge on any atom is 0.227 e. The van der Waals surface area contributed by atoms with E-state index in [0.29, 0.717) is 5.02 Å². The van der Waals surface area contributed by atoms with Gasteiger partial charge in [0, 0.05) is 51.4 Å². The Kier molecular flexibility index (Phi) is 6.55. The molecule has 1 amide bonds. The molecular formula is C25H33ClN8O. The van der Waals surface area contributed by atoms with Gasteiger partial charge < -0.3 is 24.4 Å². The molecule has 0 aromatic carbocycles. The number of imidazole rings is 1. The van der Waals surface area contributed by atoms with E-state index in [1.807, 2.05) is 48.8 Å². The van der Waals surface area contributed by atoms with E-state index in [9.17, 15) is 4.79 Å². The minimum atomic E-state index is -0.539. The summed E-state index contributed by atoms with van der Waals surface area (Å²) in [6, 6.07) is 5.90. The van der Waals surface area contributed by atoms with Crippen molar-refractivity contribution in [2.24, 2.45) is 5.92 Å². The predicted molar refractivity (Wildman–Crippen MR) is 138 cm³/mol. The molecule has 0 aliphatic carbocycles. The van der Waals surface area contributed by atoms with Crippen molar-refractivity contribution in [3.8, 4) is 0 Å². The fourth-order valence-corrected chi connectivity index (χ4v) is 5.16. The van der Waals surface area contributed by atoms with Gasteiger partial charge in [-0.15, -0.1) is 0 Å². The Bertz CT molecular complexity index is 1200. The van der Waals surface area contributed by atoms with Gasteiger partial charge in [-0.1, -0.05) is 17.7 Å². The average molecular weight is 497 g/mol. The topological polar surface area (TPSA) is 81.9 Å². The number of amides is 1. The zero-order valence-electron chi connectivity index (χ0n) is 20.6. The van der Waals surface area contributed by atoms with E-state index in [-0.39, 0.29) is 11.8 Å². The lowest BCUT2D eigenvalue weighted by Crippen LogP contribution is -2.47. The van der Waals surface area contributed by atoms with Crippen LogP contribution in [0.1, 0.15) is 32.4 Å². The fraction of sp³-hybridized carbons (Fsp3) is 0.520. The number of piperazine rings is 1. The van der Waals surface area contributed by atoms with Crippen LogP contribution in [0.5, 0.6) is 0 Å². The smallest absolute Gasteiger partial charge is 0.227 e. The summed E-state index contributed by atoms with van der Waals surface area (Å²) in [6.45, 7) is 9.30. The molecule has 2 fully saturated rings. The van der Waals surface area contributed by atoms with Gasteiger partial charge in [-0.25, -0.2) is 9.97 Å². The number of rotatable bonds is 5. The van der Waals surface area contributed by atoms with Crippen LogP contribution in [0.4, 0.5) is 11.8 Å². The molecule has 0 unspecified atom stereocenters. The predicted octanol–water partition coefficient (Wildman–Crippen LogP) is 2.80. The van der Waals surface area contributed by atoms with Crippen molar-refractivity contribution in [2.75, 3.05) is 56.1 Å². The van der Waals surface area contributed by atoms with Crippen LogP contribution in [0.15, 0.2) is 36.8 Å². The number of fused-ring (bicyclic) bond motifs is 1. The number of likely N-dealkylation sites (N-methyl/N-ethyl adjacent to an activating group) is 1. The molecule has 1 N–H and O–H groups in total. The third kappa shape index (κ3) is 4.92. The number of hydrogen-bond donors (Lipinski definition) is 1. The molecule has 0 bridgehead atoms. The van der Waals surface area contributed by atoms with E-state index in [0.717, 1.165) is 75.2 Å². The van der Waals surface area contributed by atoms with Crippen LogP contribution in [0, 0.1) is 5.92 Å². The number of nitrogens with one attached hydrogen (secondary N) is 1. The average Bonchev–Trinajstić information content (AvgIpc) is 3.30. The molecule has 3 aromatic rings. The summed E-state index contributed by atoms with van der Waals surface area (Å²) < 4.78 is 2.03. The lowest BCUT2D eigenvalue weighted by atomic mass is 9.93. The molecule has 2 aliphatic rings. The highest BCUT2D eigenvalue weighted by atomic mass is 35.5. The summed E-state index contributed by atoms with van der Waals surface area (Å²) in [7, 11) is 2.13. The second-order valence-electron chi connectivity index (χ2n) is 10.1. The van der Waals surface area contributed by atoms with Crippen molar-refractivity contribution in [3.63, 3.8) is 0 Å². The van der Waals surface area contributed by atoms with E-state index in [1.165, 1.54) is 0 Å². The number of nitrogens with zero attached hydrogens (tertiary/aromatic N) is 7. The number of pyridine rings is 1. The molecule has 0 spiro atoms. The molecule has 0 radical (unpaired) electrons. The Morgan fingerprint density at radius 2 is 1.77 bits per heavy atom. The molecule has 5 rings (SSSR count). The Morgan fingerprint density at radius 1 is 1.03 bits per heavy atom. The number of carbonyl (C=O) groups is 1. The van der Waals surface area contributed by atoms with Crippen LogP contribution in [0.25, 0.3) is 5.65 Å². The molecule has 3 aromatic heterocycles. The highest BCUT2D eigenvalue weighted by molar-refractivity contribution is 6.32. The minimum absolute atomic E-state index is 0.0533. The highest BCUT2D eigenvalue weighted by Crippen LogP contribution is 2.30. The van der Waals surface area contributed by atoms with Crippen LogP contribution < -0.4 is 15.1 Å². The summed E-state index contributed by atoms with van der Waals surface area (Å²) in [4.78, 5) is 33.7. The fourth-order valence-electron chi connectivity index (χ4n) is 4.95. The SMILES string of the molecule is CN1CCN(c2ncc(Cl)c(N3CCC(C(=O)NC(C)(C)c4cnc5ccccn45)CC3)n2)CC1. The molecule has 9 nitrogen and oxygen atoms in total. The van der Waals surface area contributed by atoms with Crippen molar-refractivity contribution < 1.29 is 4.79 Å². The number of aromatic nitrogens is 4. The maximum atomic E-state index is 13.2. The zero-order chi connectivity index (χ0) is 24.6. The van der Waals surface area contributed by atoms with E-state index in [2.05, 4.69) is 37.0 Å². The first-order chi connectivity index (χ1) is 16.8. The van der Waals surface area contributed by atoms with E-state index in [4.69, 9.17) is 16.6 Å². The summed E-state index contributed by atoms with van der Waals surface area (Å²) in [5.74, 6) is 1.52. The van der Waals surface area contributed by atoms with Crippen LogP contribution in [0.3, 0.4) is 0 Å². The largest absolute Gasteiger partial charge is 0.355 e. The number of hydrogen-bond acceptors (Lipinski definition) is 7. The lowest BCUT2D eigenvalue weighted by molar-refractivity contribution is -0.127. The molecule has 2 aliphatic heterocycles. The normalized spacial score (nSPS) is 18.3. The maximum absolute atomic E-state index is 13.2. The Morgan fingerprint density at radius 3 is 2.51 bits per heavy atom. The number of anilines is 2. The number of piperidine rings is 1. The van der Waals surface area contributed by atoms with E-state index in [1.54, 1.807) is 6.20 Å². The molecule has 2 saturated heterocycles. The first kappa shape index (κ1) is 23.8. The minimum Gasteiger partial charge on any atom is -0.355 e. The van der Waals surface area contributed by atoms with E-state index < -0.39 is 5.54 Å². The van der Waals surface area contributed by atoms with Crippen molar-refractivity contribution in [2.45, 2.75) is 32.2 Å². The van der Waals surface area contributed by atoms with Crippen LogP contribution in [-0.4, -0.2) is 76.5 Å². The third-order valence-corrected chi connectivity index (χ3v) is 7.42. The van der Waals surface area contributed by atoms with Gasteiger partial charge in [0.15, 0.2) is 5.82 Å². The monoisotopic (exact) mass is 496 g/mol. The van der Waals surface area contributed by atoms with Gasteiger partial charge >= 0.3 is 0 Å². The Hall–Kier alpha value is -2.91. The van der Waals surface area contributed by atoms with Crippen LogP contribution in [-0.2, 0) is 10.3 Å². The standard InChI is InChI=1S/C25H33ClN8O/c1-25(2,20-17-27-21-6-4-5-9-34(20)21)30-23(35)18-7-10-32(11-8-18)22-19(26)16-28-24(29-22)33-14-12-31(3)13-15-33/h4-6,9,16-18H,7-8,10-15H2,1-3H3,(H,30,35). The van der Waals surface area contributed by atoms with Crippen molar-refractivity contribution >= 4 is 34.9 Å². The summed E-state index contributed by atoms with van der Waals surface area (Å²) >= 11 is 6.50. The summed E-state index contributed by atoms with van der Waals surface area (Å²) in [5.41, 5.74) is 1.29. The van der Waals surface area contributed by atoms with Gasteiger partial charge in [0.25, 0.3) is 0 Å². The number of carbonyl (C=O) groups excluding carboxylic acids is 1. The molecule has 0 atom stereocenters. The van der Waals surface area contributed by atoms with Gasteiger partial charge in [-0.2, -0.15) is 4.98 Å². The molecule has 186 valence electrons. The molecule has 35 heavy (non-hydrogen) atoms. The second-order valence-corrected chi connectivity index (χ2v) is 10.5. The van der Waals surface area contributed by atoms with Crippen LogP contribution >= 0.6 is 11.6 Å². The lowest BCUT2D eigenvalue weighted by Gasteiger charge is -2.36. The van der Waals surface area contributed by atoms with Gasteiger partial charge in [-0.3, -0.25) is 4.79 Å². The molecule has 0 saturated carbocycles. The van der Waals surface area contributed by atoms with Gasteiger partial charge in [0.2, 0.25) is 11.9 Å². The molecule has 10 heteroatoms. The van der Waals surface area contributed by atoms with Gasteiger partial charge in [-0.05, 0) is 45.9 Å². The first-order valence-electron chi connectivity index (χ1n) is 12.3. The summed E-state index contributed by atoms with van der Waals surface area (Å²) in [5, 5.41) is 3.82. The molecule has 5 heterocycles. The molecular weight excluding hydrogens is 464 g/mol. The highest BCUT2D eigenvalue weighted by Gasteiger charge is 2.32. The summed E-state index contributed by atoms with van der Waals surface area (Å²) in [6.07, 6.45) is 7.02. The quantitative estimate of drug-likeness (QED) is 0.581. The zero-order valence-corrected chi connectivity index (χ0v) is 21.4. The van der Waals surface area contributed by atoms with Gasteiger partial charge in [0.05, 0.1) is 23.6 Å². The third-order valence-electron chi connectivity index (χ3n) is 7.16. The van der Waals surface area contributed by atoms with Crippen molar-refractivity contribution in [1.82, 2.24) is 29.6 Å². The first-order valence-corrected chi connectivity index (χ1v) is 12.7. The van der Waals surface area contributed by atoms with Gasteiger partial charge in [0.1, 0.15) is 10.7 Å². The Balaban J connectivity index is 1.22. The van der Waals surface area contributed by atoms with Crippen molar-refractivity contribution in [1.29, 1.82) is 0 Å².